The van der Waals surface area contributed by atoms with Gasteiger partial charge in [-0.05, 0) is 25.5 Å². The first-order valence-corrected chi connectivity index (χ1v) is 7.03. The zero-order valence-corrected chi connectivity index (χ0v) is 12.9. The summed E-state index contributed by atoms with van der Waals surface area (Å²) in [7, 11) is 3.09. The second-order valence-corrected chi connectivity index (χ2v) is 4.91. The third-order valence-electron chi connectivity index (χ3n) is 3.13. The Kier molecular flexibility index (Phi) is 7.29. The molecule has 116 valence electrons. The van der Waals surface area contributed by atoms with Gasteiger partial charge in [-0.3, -0.25) is 9.59 Å². The molecule has 0 aromatic heterocycles. The quantitative estimate of drug-likeness (QED) is 0.689. The average Bonchev–Trinajstić information content (AvgIpc) is 2.48. The molecule has 0 radical (unpaired) electrons. The first-order chi connectivity index (χ1) is 10.0. The van der Waals surface area contributed by atoms with Crippen molar-refractivity contribution in [3.05, 3.63) is 29.8 Å². The van der Waals surface area contributed by atoms with Crippen LogP contribution in [-0.2, 0) is 14.3 Å². The van der Waals surface area contributed by atoms with Gasteiger partial charge in [0.2, 0.25) is 5.91 Å². The van der Waals surface area contributed by atoms with Crippen molar-refractivity contribution in [2.45, 2.75) is 26.2 Å². The number of ether oxygens (including phenoxy) is 2. The summed E-state index contributed by atoms with van der Waals surface area (Å²) in [5.74, 6) is 0.521. The monoisotopic (exact) mass is 293 g/mol. The number of benzene rings is 1. The van der Waals surface area contributed by atoms with Crippen LogP contribution in [0.25, 0.3) is 0 Å². The molecule has 0 bridgehead atoms. The summed E-state index contributed by atoms with van der Waals surface area (Å²) in [4.78, 5) is 24.4. The van der Waals surface area contributed by atoms with Gasteiger partial charge in [0, 0.05) is 20.0 Å². The molecule has 0 aliphatic rings. The largest absolute Gasteiger partial charge is 0.493 e. The molecule has 1 aromatic rings. The van der Waals surface area contributed by atoms with Gasteiger partial charge in [0.25, 0.3) is 0 Å². The van der Waals surface area contributed by atoms with Crippen molar-refractivity contribution in [3.63, 3.8) is 0 Å². The van der Waals surface area contributed by atoms with Crippen molar-refractivity contribution in [2.24, 2.45) is 0 Å². The van der Waals surface area contributed by atoms with Gasteiger partial charge in [-0.25, -0.2) is 0 Å². The first kappa shape index (κ1) is 17.0. The van der Waals surface area contributed by atoms with Gasteiger partial charge in [-0.1, -0.05) is 17.7 Å². The normalized spacial score (nSPS) is 10.0. The van der Waals surface area contributed by atoms with Gasteiger partial charge < -0.3 is 14.4 Å². The lowest BCUT2D eigenvalue weighted by atomic mass is 10.2. The SMILES string of the molecule is COC(=O)CCCN(C)C(=O)CCOc1ccc(C)cc1. The number of methoxy groups -OCH3 is 1. The van der Waals surface area contributed by atoms with Crippen molar-refractivity contribution in [2.75, 3.05) is 27.3 Å². The maximum absolute atomic E-state index is 11.9. The van der Waals surface area contributed by atoms with Crippen LogP contribution in [0.1, 0.15) is 24.8 Å². The lowest BCUT2D eigenvalue weighted by molar-refractivity contribution is -0.141. The van der Waals surface area contributed by atoms with E-state index in [0.717, 1.165) is 5.75 Å². The second-order valence-electron chi connectivity index (χ2n) is 4.91. The molecule has 0 fully saturated rings. The summed E-state index contributed by atoms with van der Waals surface area (Å²) in [5.41, 5.74) is 1.17. The molecule has 0 saturated heterocycles. The topological polar surface area (TPSA) is 55.8 Å². The van der Waals surface area contributed by atoms with Crippen molar-refractivity contribution in [1.29, 1.82) is 0 Å². The van der Waals surface area contributed by atoms with E-state index in [9.17, 15) is 9.59 Å². The highest BCUT2D eigenvalue weighted by Crippen LogP contribution is 2.11. The van der Waals surface area contributed by atoms with Crippen LogP contribution in [0.3, 0.4) is 0 Å². The summed E-state index contributed by atoms with van der Waals surface area (Å²) in [6.07, 6.45) is 1.25. The second kappa shape index (κ2) is 9.00. The van der Waals surface area contributed by atoms with Crippen molar-refractivity contribution < 1.29 is 19.1 Å². The number of carbonyl (C=O) groups is 2. The van der Waals surface area contributed by atoms with Crippen molar-refractivity contribution in [1.82, 2.24) is 4.90 Å². The Bertz CT molecular complexity index is 456. The van der Waals surface area contributed by atoms with Crippen LogP contribution in [0.5, 0.6) is 5.75 Å². The molecule has 0 spiro atoms. The van der Waals surface area contributed by atoms with Crippen LogP contribution in [0.15, 0.2) is 24.3 Å². The highest BCUT2D eigenvalue weighted by molar-refractivity contribution is 5.76. The van der Waals surface area contributed by atoms with E-state index in [0.29, 0.717) is 32.4 Å². The number of carbonyl (C=O) groups excluding carboxylic acids is 2. The highest BCUT2D eigenvalue weighted by atomic mass is 16.5. The minimum Gasteiger partial charge on any atom is -0.493 e. The third-order valence-corrected chi connectivity index (χ3v) is 3.13. The third kappa shape index (κ3) is 6.79. The molecular formula is C16H23NO4. The maximum Gasteiger partial charge on any atom is 0.305 e. The molecule has 0 saturated carbocycles. The molecular weight excluding hydrogens is 270 g/mol. The van der Waals surface area contributed by atoms with Crippen LogP contribution >= 0.6 is 0 Å². The summed E-state index contributed by atoms with van der Waals surface area (Å²) < 4.78 is 10.1. The Labute approximate surface area is 125 Å². The van der Waals surface area contributed by atoms with Crippen LogP contribution in [-0.4, -0.2) is 44.1 Å². The van der Waals surface area contributed by atoms with Crippen LogP contribution in [0.2, 0.25) is 0 Å². The van der Waals surface area contributed by atoms with Gasteiger partial charge in [0.05, 0.1) is 20.1 Å². The molecule has 1 aromatic carbocycles. The zero-order valence-electron chi connectivity index (χ0n) is 12.9. The Morgan fingerprint density at radius 2 is 1.81 bits per heavy atom. The van der Waals surface area contributed by atoms with Crippen LogP contribution in [0.4, 0.5) is 0 Å². The van der Waals surface area contributed by atoms with E-state index >= 15 is 0 Å². The molecule has 21 heavy (non-hydrogen) atoms. The summed E-state index contributed by atoms with van der Waals surface area (Å²) in [6, 6.07) is 7.71. The lowest BCUT2D eigenvalue weighted by Gasteiger charge is -2.17. The Morgan fingerprint density at radius 3 is 2.43 bits per heavy atom. The molecule has 0 heterocycles. The Balaban J connectivity index is 2.20. The molecule has 5 nitrogen and oxygen atoms in total. The molecule has 0 atom stereocenters. The molecule has 0 aliphatic heterocycles. The maximum atomic E-state index is 11.9. The van der Waals surface area contributed by atoms with Gasteiger partial charge in [-0.15, -0.1) is 0 Å². The number of hydrogen-bond donors (Lipinski definition) is 0. The lowest BCUT2D eigenvalue weighted by Crippen LogP contribution is -2.29. The summed E-state index contributed by atoms with van der Waals surface area (Å²) in [5, 5.41) is 0. The van der Waals surface area contributed by atoms with E-state index in [1.807, 2.05) is 31.2 Å². The van der Waals surface area contributed by atoms with E-state index < -0.39 is 0 Å². The van der Waals surface area contributed by atoms with E-state index in [2.05, 4.69) is 4.74 Å². The minimum absolute atomic E-state index is 0.00646. The highest BCUT2D eigenvalue weighted by Gasteiger charge is 2.09. The fourth-order valence-corrected chi connectivity index (χ4v) is 1.77. The van der Waals surface area contributed by atoms with E-state index in [-0.39, 0.29) is 11.9 Å². The number of aryl methyl sites for hydroxylation is 1. The fourth-order valence-electron chi connectivity index (χ4n) is 1.77. The molecule has 1 amide bonds. The first-order valence-electron chi connectivity index (χ1n) is 7.03. The number of hydrogen-bond acceptors (Lipinski definition) is 4. The smallest absolute Gasteiger partial charge is 0.305 e. The minimum atomic E-state index is -0.251. The Hall–Kier alpha value is -2.04. The predicted octanol–water partition coefficient (Wildman–Crippen LogP) is 2.18. The predicted molar refractivity (Wildman–Crippen MR) is 80.2 cm³/mol. The van der Waals surface area contributed by atoms with Gasteiger partial charge in [0.1, 0.15) is 5.75 Å². The number of rotatable bonds is 8. The summed E-state index contributed by atoms with van der Waals surface area (Å²) >= 11 is 0. The van der Waals surface area contributed by atoms with Gasteiger partial charge in [-0.2, -0.15) is 0 Å². The molecule has 0 N–H and O–H groups in total. The van der Waals surface area contributed by atoms with E-state index in [1.54, 1.807) is 11.9 Å². The van der Waals surface area contributed by atoms with Crippen molar-refractivity contribution >= 4 is 11.9 Å². The van der Waals surface area contributed by atoms with Crippen LogP contribution in [0, 0.1) is 6.92 Å². The number of amides is 1. The molecule has 0 unspecified atom stereocenters. The fraction of sp³-hybridized carbons (Fsp3) is 0.500. The van der Waals surface area contributed by atoms with E-state index in [4.69, 9.17) is 4.74 Å². The summed E-state index contributed by atoms with van der Waals surface area (Å²) in [6.45, 7) is 2.90. The standard InChI is InChI=1S/C16H23NO4/c1-13-6-8-14(9-7-13)21-12-10-15(18)17(2)11-4-5-16(19)20-3/h6-9H,4-5,10-12H2,1-3H3. The van der Waals surface area contributed by atoms with E-state index in [1.165, 1.54) is 12.7 Å². The van der Waals surface area contributed by atoms with Gasteiger partial charge >= 0.3 is 5.97 Å². The molecule has 5 heteroatoms. The average molecular weight is 293 g/mol. The number of esters is 1. The van der Waals surface area contributed by atoms with Gasteiger partial charge in [0.15, 0.2) is 0 Å². The Morgan fingerprint density at radius 1 is 1.14 bits per heavy atom. The zero-order chi connectivity index (χ0) is 15.7. The van der Waals surface area contributed by atoms with Crippen molar-refractivity contribution in [3.8, 4) is 5.75 Å². The van der Waals surface area contributed by atoms with Crippen LogP contribution < -0.4 is 4.74 Å². The molecule has 0 aliphatic carbocycles. The molecule has 1 rings (SSSR count). The number of nitrogens with zero attached hydrogens (tertiary/aromatic N) is 1.